The molecule has 8 heteroatoms. The number of benzene rings is 2. The molecule has 0 saturated carbocycles. The van der Waals surface area contributed by atoms with E-state index in [-0.39, 0.29) is 11.5 Å². The first kappa shape index (κ1) is 21.5. The number of methoxy groups -OCH3 is 1. The molecule has 0 atom stereocenters. The van der Waals surface area contributed by atoms with E-state index in [2.05, 4.69) is 20.9 Å². The molecule has 2 heterocycles. The molecule has 2 aromatic heterocycles. The summed E-state index contributed by atoms with van der Waals surface area (Å²) in [5.41, 5.74) is 4.10. The van der Waals surface area contributed by atoms with E-state index >= 15 is 0 Å². The second-order valence-corrected chi connectivity index (χ2v) is 10.2. The van der Waals surface area contributed by atoms with Crippen molar-refractivity contribution in [2.45, 2.75) is 18.0 Å². The van der Waals surface area contributed by atoms with Gasteiger partial charge in [-0.1, -0.05) is 28.1 Å². The molecule has 4 rings (SSSR count). The summed E-state index contributed by atoms with van der Waals surface area (Å²) in [6.07, 6.45) is 2.86. The van der Waals surface area contributed by atoms with Crippen molar-refractivity contribution in [1.82, 2.24) is 9.55 Å². The number of sulfone groups is 1. The summed E-state index contributed by atoms with van der Waals surface area (Å²) in [7, 11) is -1.85. The van der Waals surface area contributed by atoms with E-state index < -0.39 is 9.84 Å². The van der Waals surface area contributed by atoms with Gasteiger partial charge in [-0.25, -0.2) is 13.4 Å². The second-order valence-electron chi connectivity index (χ2n) is 7.24. The Morgan fingerprint density at radius 1 is 1.13 bits per heavy atom. The zero-order chi connectivity index (χ0) is 22.2. The molecular weight excluding hydrogens is 480 g/mol. The third kappa shape index (κ3) is 4.23. The lowest BCUT2D eigenvalue weighted by Crippen LogP contribution is -2.05. The van der Waals surface area contributed by atoms with E-state index in [1.165, 1.54) is 6.26 Å². The van der Waals surface area contributed by atoms with Gasteiger partial charge in [0.25, 0.3) is 0 Å². The minimum atomic E-state index is -3.39. The largest absolute Gasteiger partial charge is 0.481 e. The molecule has 2 aromatic carbocycles. The Morgan fingerprint density at radius 2 is 1.94 bits per heavy atom. The van der Waals surface area contributed by atoms with Crippen LogP contribution in [0.1, 0.15) is 11.3 Å². The average molecular weight is 501 g/mol. The second kappa shape index (κ2) is 8.45. The minimum Gasteiger partial charge on any atom is -0.481 e. The third-order valence-corrected chi connectivity index (χ3v) is 6.79. The highest BCUT2D eigenvalue weighted by Crippen LogP contribution is 2.37. The van der Waals surface area contributed by atoms with Gasteiger partial charge in [-0.15, -0.1) is 0 Å². The Kier molecular flexibility index (Phi) is 5.88. The molecule has 160 valence electrons. The summed E-state index contributed by atoms with van der Waals surface area (Å²) in [6, 6.07) is 16.6. The molecule has 0 aliphatic carbocycles. The molecule has 0 bridgehead atoms. The molecule has 0 saturated heterocycles. The maximum atomic E-state index is 12.2. The van der Waals surface area contributed by atoms with E-state index in [1.807, 2.05) is 34.9 Å². The van der Waals surface area contributed by atoms with Crippen molar-refractivity contribution in [1.29, 1.82) is 0 Å². The van der Waals surface area contributed by atoms with Gasteiger partial charge in [0.05, 0.1) is 24.3 Å². The fourth-order valence-electron chi connectivity index (χ4n) is 3.75. The monoisotopic (exact) mass is 500 g/mol. The van der Waals surface area contributed by atoms with Crippen LogP contribution in [-0.2, 0) is 23.0 Å². The third-order valence-electron chi connectivity index (χ3n) is 5.18. The van der Waals surface area contributed by atoms with Crippen LogP contribution in [0.25, 0.3) is 22.0 Å². The maximum absolute atomic E-state index is 12.2. The molecule has 0 spiro atoms. The van der Waals surface area contributed by atoms with Gasteiger partial charge >= 0.3 is 0 Å². The van der Waals surface area contributed by atoms with E-state index in [1.54, 1.807) is 37.6 Å². The van der Waals surface area contributed by atoms with Crippen molar-refractivity contribution in [2.24, 2.45) is 0 Å². The highest BCUT2D eigenvalue weighted by Gasteiger charge is 2.21. The van der Waals surface area contributed by atoms with E-state index in [4.69, 9.17) is 4.74 Å². The Bertz CT molecular complexity index is 1360. The quantitative estimate of drug-likeness (QED) is 0.423. The average Bonchev–Trinajstić information content (AvgIpc) is 3.06. The Hall–Kier alpha value is -2.68. The highest BCUT2D eigenvalue weighted by molar-refractivity contribution is 9.10. The zero-order valence-electron chi connectivity index (χ0n) is 17.0. The van der Waals surface area contributed by atoms with Crippen LogP contribution >= 0.6 is 15.9 Å². The van der Waals surface area contributed by atoms with Gasteiger partial charge in [-0.05, 0) is 42.0 Å². The molecule has 4 aromatic rings. The number of aromatic nitrogens is 2. The summed E-state index contributed by atoms with van der Waals surface area (Å²) < 4.78 is 32.6. The van der Waals surface area contributed by atoms with Crippen molar-refractivity contribution in [3.8, 4) is 17.0 Å². The topological polar surface area (TPSA) is 81.4 Å². The van der Waals surface area contributed by atoms with Gasteiger partial charge in [-0.3, -0.25) is 0 Å². The molecule has 0 radical (unpaired) electrons. The fourth-order valence-corrected chi connectivity index (χ4v) is 4.84. The molecule has 0 fully saturated rings. The van der Waals surface area contributed by atoms with Gasteiger partial charge in [0.15, 0.2) is 9.84 Å². The Balaban J connectivity index is 2.00. The smallest absolute Gasteiger partial charge is 0.212 e. The zero-order valence-corrected chi connectivity index (χ0v) is 19.4. The minimum absolute atomic E-state index is 0.210. The molecular formula is C23H21BrN2O4S. The van der Waals surface area contributed by atoms with Crippen molar-refractivity contribution in [3.05, 3.63) is 76.5 Å². The van der Waals surface area contributed by atoms with Crippen LogP contribution in [-0.4, -0.2) is 36.4 Å². The normalized spacial score (nSPS) is 11.7. The molecule has 6 nitrogen and oxygen atoms in total. The first-order chi connectivity index (χ1) is 14.8. The van der Waals surface area contributed by atoms with Crippen LogP contribution in [0.4, 0.5) is 0 Å². The molecule has 1 N–H and O–H groups in total. The number of aliphatic hydroxyl groups excluding tert-OH is 1. The summed E-state index contributed by atoms with van der Waals surface area (Å²) in [6.45, 7) is 0.311. The van der Waals surface area contributed by atoms with Gasteiger partial charge in [0.1, 0.15) is 0 Å². The number of fused-ring (bicyclic) bond motifs is 1. The number of halogens is 1. The Morgan fingerprint density at radius 3 is 2.55 bits per heavy atom. The lowest BCUT2D eigenvalue weighted by atomic mass is 10.0. The van der Waals surface area contributed by atoms with Gasteiger partial charge in [-0.2, -0.15) is 0 Å². The van der Waals surface area contributed by atoms with Crippen LogP contribution in [0.15, 0.2) is 70.2 Å². The number of hydrogen-bond acceptors (Lipinski definition) is 5. The molecule has 0 amide bonds. The predicted octanol–water partition coefficient (Wildman–Crippen LogP) is 4.42. The molecule has 0 aliphatic heterocycles. The first-order valence-corrected chi connectivity index (χ1v) is 12.2. The number of nitrogens with zero attached hydrogens (tertiary/aromatic N) is 2. The Labute approximate surface area is 189 Å². The summed E-state index contributed by atoms with van der Waals surface area (Å²) >= 11 is 3.50. The standard InChI is InChI=1S/C23H21BrN2O4S/c1-30-22-9-6-16(12-25-22)23-19-11-18(31(2,28)29)7-8-20(19)26(21(23)14-27)13-15-4-3-5-17(24)10-15/h3-12,27H,13-14H2,1-2H3. The lowest BCUT2D eigenvalue weighted by Gasteiger charge is -2.11. The maximum Gasteiger partial charge on any atom is 0.212 e. The van der Waals surface area contributed by atoms with Gasteiger partial charge in [0, 0.05) is 51.6 Å². The fraction of sp³-hybridized carbons (Fsp3) is 0.174. The summed E-state index contributed by atoms with van der Waals surface area (Å²) in [5, 5.41) is 11.1. The molecule has 0 aliphatic rings. The van der Waals surface area contributed by atoms with Crippen LogP contribution in [0.2, 0.25) is 0 Å². The number of rotatable bonds is 6. The summed E-state index contributed by atoms with van der Waals surface area (Å²) in [5.74, 6) is 0.476. The van der Waals surface area contributed by atoms with Crippen LogP contribution < -0.4 is 4.74 Å². The number of ether oxygens (including phenoxy) is 1. The molecule has 0 unspecified atom stereocenters. The number of hydrogen-bond donors (Lipinski definition) is 1. The predicted molar refractivity (Wildman–Crippen MR) is 124 cm³/mol. The van der Waals surface area contributed by atoms with Crippen molar-refractivity contribution >= 4 is 36.7 Å². The van der Waals surface area contributed by atoms with Crippen LogP contribution in [0, 0.1) is 0 Å². The molecule has 31 heavy (non-hydrogen) atoms. The van der Waals surface area contributed by atoms with Crippen LogP contribution in [0.3, 0.4) is 0 Å². The van der Waals surface area contributed by atoms with E-state index in [0.29, 0.717) is 18.1 Å². The van der Waals surface area contributed by atoms with Crippen molar-refractivity contribution in [3.63, 3.8) is 0 Å². The van der Waals surface area contributed by atoms with E-state index in [0.717, 1.165) is 32.1 Å². The SMILES string of the molecule is COc1ccc(-c2c(CO)n(Cc3cccc(Br)c3)c3ccc(S(C)(=O)=O)cc23)cn1. The van der Waals surface area contributed by atoms with Crippen LogP contribution in [0.5, 0.6) is 5.88 Å². The van der Waals surface area contributed by atoms with Gasteiger partial charge < -0.3 is 14.4 Å². The number of pyridine rings is 1. The summed E-state index contributed by atoms with van der Waals surface area (Å²) in [4.78, 5) is 4.52. The van der Waals surface area contributed by atoms with E-state index in [9.17, 15) is 13.5 Å². The van der Waals surface area contributed by atoms with Gasteiger partial charge in [0.2, 0.25) is 5.88 Å². The van der Waals surface area contributed by atoms with Crippen molar-refractivity contribution in [2.75, 3.05) is 13.4 Å². The van der Waals surface area contributed by atoms with Crippen molar-refractivity contribution < 1.29 is 18.3 Å². The lowest BCUT2D eigenvalue weighted by molar-refractivity contribution is 0.273. The number of aliphatic hydroxyl groups is 1. The highest BCUT2D eigenvalue weighted by atomic mass is 79.9. The first-order valence-electron chi connectivity index (χ1n) is 9.52.